The van der Waals surface area contributed by atoms with Crippen molar-refractivity contribution >= 4 is 11.7 Å². The van der Waals surface area contributed by atoms with E-state index in [1.165, 1.54) is 36.5 Å². The van der Waals surface area contributed by atoms with Crippen LogP contribution in [-0.4, -0.2) is 22.5 Å². The molecule has 3 aromatic rings. The Bertz CT molecular complexity index is 1060. The van der Waals surface area contributed by atoms with Crippen LogP contribution in [0.5, 0.6) is 0 Å². The molecular weight excluding hydrogens is 389 g/mol. The van der Waals surface area contributed by atoms with Gasteiger partial charge in [-0.25, -0.2) is 4.79 Å². The number of nitro groups is 1. The van der Waals surface area contributed by atoms with Gasteiger partial charge in [0.25, 0.3) is 5.69 Å². The zero-order chi connectivity index (χ0) is 21.2. The molecule has 29 heavy (non-hydrogen) atoms. The third kappa shape index (κ3) is 4.29. The van der Waals surface area contributed by atoms with Gasteiger partial charge in [0.05, 0.1) is 22.7 Å². The fraction of sp³-hybridized carbons (Fsp3) is 0.150. The predicted molar refractivity (Wildman–Crippen MR) is 99.3 cm³/mol. The smallest absolute Gasteiger partial charge is 0.417 e. The van der Waals surface area contributed by atoms with Gasteiger partial charge in [-0.1, -0.05) is 6.07 Å². The number of aromatic nitrogens is 1. The molecule has 0 spiro atoms. The van der Waals surface area contributed by atoms with Gasteiger partial charge in [0, 0.05) is 24.0 Å². The first-order chi connectivity index (χ1) is 13.7. The number of nitro benzene ring substituents is 1. The fourth-order valence-corrected chi connectivity index (χ4v) is 2.85. The third-order valence-corrected chi connectivity index (χ3v) is 4.22. The van der Waals surface area contributed by atoms with E-state index in [9.17, 15) is 28.1 Å². The number of aromatic amines is 1. The van der Waals surface area contributed by atoms with Crippen molar-refractivity contribution in [2.24, 2.45) is 0 Å². The van der Waals surface area contributed by atoms with Crippen molar-refractivity contribution in [2.45, 2.75) is 13.1 Å². The maximum atomic E-state index is 13.5. The SMILES string of the molecule is CCOC(=O)c1c[nH]c(-c2ccc(C(F)(F)F)c(-c3ccc([N+](=O)[O-])cc3)c2)c1. The predicted octanol–water partition coefficient (Wildman–Crippen LogP) is 5.45. The molecule has 1 aromatic heterocycles. The first-order valence-electron chi connectivity index (χ1n) is 8.52. The summed E-state index contributed by atoms with van der Waals surface area (Å²) in [4.78, 5) is 24.8. The van der Waals surface area contributed by atoms with Crippen LogP contribution in [0.25, 0.3) is 22.4 Å². The van der Waals surface area contributed by atoms with Gasteiger partial charge in [-0.3, -0.25) is 10.1 Å². The van der Waals surface area contributed by atoms with Gasteiger partial charge in [-0.15, -0.1) is 0 Å². The molecule has 0 radical (unpaired) electrons. The average molecular weight is 404 g/mol. The molecule has 0 aliphatic carbocycles. The number of hydrogen-bond donors (Lipinski definition) is 1. The minimum atomic E-state index is -4.61. The van der Waals surface area contributed by atoms with Crippen molar-refractivity contribution < 1.29 is 27.6 Å². The number of rotatable bonds is 5. The number of hydrogen-bond acceptors (Lipinski definition) is 4. The molecule has 0 atom stereocenters. The molecule has 0 unspecified atom stereocenters. The lowest BCUT2D eigenvalue weighted by molar-refractivity contribution is -0.384. The minimum absolute atomic E-state index is 0.128. The number of nitrogens with zero attached hydrogens (tertiary/aromatic N) is 1. The summed E-state index contributed by atoms with van der Waals surface area (Å²) in [5, 5.41) is 10.8. The number of carbonyl (C=O) groups is 1. The Labute approximate surface area is 163 Å². The summed E-state index contributed by atoms with van der Waals surface area (Å²) in [6.07, 6.45) is -3.20. The van der Waals surface area contributed by atoms with Gasteiger partial charge >= 0.3 is 12.1 Å². The third-order valence-electron chi connectivity index (χ3n) is 4.22. The topological polar surface area (TPSA) is 85.2 Å². The molecule has 6 nitrogen and oxygen atoms in total. The lowest BCUT2D eigenvalue weighted by Crippen LogP contribution is -2.07. The largest absolute Gasteiger partial charge is 0.462 e. The standard InChI is InChI=1S/C20H15F3N2O4/c1-2-29-19(26)14-10-18(24-11-14)13-5-8-17(20(21,22)23)16(9-13)12-3-6-15(7-4-12)25(27)28/h3-11,24H,2H2,1H3. The molecule has 1 N–H and O–H groups in total. The Morgan fingerprint density at radius 1 is 1.10 bits per heavy atom. The fourth-order valence-electron chi connectivity index (χ4n) is 2.85. The summed E-state index contributed by atoms with van der Waals surface area (Å²) >= 11 is 0. The Balaban J connectivity index is 2.07. The van der Waals surface area contributed by atoms with E-state index >= 15 is 0 Å². The highest BCUT2D eigenvalue weighted by molar-refractivity contribution is 5.91. The van der Waals surface area contributed by atoms with Crippen molar-refractivity contribution in [3.05, 3.63) is 76.0 Å². The second-order valence-corrected chi connectivity index (χ2v) is 6.08. The summed E-state index contributed by atoms with van der Waals surface area (Å²) in [6.45, 7) is 1.86. The molecule has 0 saturated carbocycles. The zero-order valence-electron chi connectivity index (χ0n) is 15.1. The number of carbonyl (C=O) groups excluding carboxylic acids is 1. The van der Waals surface area contributed by atoms with Crippen LogP contribution in [0, 0.1) is 10.1 Å². The average Bonchev–Trinajstić information content (AvgIpc) is 3.17. The highest BCUT2D eigenvalue weighted by atomic mass is 19.4. The van der Waals surface area contributed by atoms with Crippen LogP contribution in [0.3, 0.4) is 0 Å². The van der Waals surface area contributed by atoms with Gasteiger partial charge < -0.3 is 9.72 Å². The molecule has 2 aromatic carbocycles. The van der Waals surface area contributed by atoms with Crippen LogP contribution >= 0.6 is 0 Å². The maximum Gasteiger partial charge on any atom is 0.417 e. The van der Waals surface area contributed by atoms with Crippen LogP contribution in [0.1, 0.15) is 22.8 Å². The van der Waals surface area contributed by atoms with Crippen LogP contribution in [-0.2, 0) is 10.9 Å². The number of H-pyrrole nitrogens is 1. The molecule has 0 aliphatic rings. The van der Waals surface area contributed by atoms with Gasteiger partial charge in [0.1, 0.15) is 0 Å². The van der Waals surface area contributed by atoms with Gasteiger partial charge in [-0.2, -0.15) is 13.2 Å². The summed E-state index contributed by atoms with van der Waals surface area (Å²) in [7, 11) is 0. The van der Waals surface area contributed by atoms with Crippen molar-refractivity contribution in [3.8, 4) is 22.4 Å². The lowest BCUT2D eigenvalue weighted by atomic mass is 9.95. The van der Waals surface area contributed by atoms with E-state index in [-0.39, 0.29) is 29.0 Å². The highest BCUT2D eigenvalue weighted by Crippen LogP contribution is 2.39. The highest BCUT2D eigenvalue weighted by Gasteiger charge is 2.34. The van der Waals surface area contributed by atoms with Gasteiger partial charge in [0.2, 0.25) is 0 Å². The lowest BCUT2D eigenvalue weighted by Gasteiger charge is -2.14. The van der Waals surface area contributed by atoms with Crippen LogP contribution in [0.2, 0.25) is 0 Å². The number of nitrogens with one attached hydrogen (secondary N) is 1. The van der Waals surface area contributed by atoms with Crippen LogP contribution in [0.4, 0.5) is 18.9 Å². The Kier molecular flexibility index (Phi) is 5.40. The number of halogens is 3. The molecule has 0 amide bonds. The number of benzene rings is 2. The number of alkyl halides is 3. The van der Waals surface area contributed by atoms with Crippen LogP contribution < -0.4 is 0 Å². The van der Waals surface area contributed by atoms with E-state index in [1.807, 2.05) is 0 Å². The molecule has 0 fully saturated rings. The summed E-state index contributed by atoms with van der Waals surface area (Å²) in [5.74, 6) is -0.544. The van der Waals surface area contributed by atoms with Gasteiger partial charge in [-0.05, 0) is 53.9 Å². The molecule has 150 valence electrons. The van der Waals surface area contributed by atoms with E-state index in [4.69, 9.17) is 4.74 Å². The van der Waals surface area contributed by atoms with Crippen molar-refractivity contribution in [2.75, 3.05) is 6.61 Å². The quantitative estimate of drug-likeness (QED) is 0.348. The monoisotopic (exact) mass is 404 g/mol. The van der Waals surface area contributed by atoms with Crippen molar-refractivity contribution in [3.63, 3.8) is 0 Å². The zero-order valence-corrected chi connectivity index (χ0v) is 15.1. The van der Waals surface area contributed by atoms with Crippen molar-refractivity contribution in [1.29, 1.82) is 0 Å². The summed E-state index contributed by atoms with van der Waals surface area (Å²) < 4.78 is 45.4. The van der Waals surface area contributed by atoms with Gasteiger partial charge in [0.15, 0.2) is 0 Å². The molecular formula is C20H15F3N2O4. The summed E-state index contributed by atoms with van der Waals surface area (Å²) in [6, 6.07) is 9.88. The van der Waals surface area contributed by atoms with Crippen LogP contribution in [0.15, 0.2) is 54.7 Å². The normalized spacial score (nSPS) is 11.3. The molecule has 9 heteroatoms. The van der Waals surface area contributed by atoms with E-state index < -0.39 is 22.6 Å². The number of non-ortho nitro benzene ring substituents is 1. The molecule has 0 bridgehead atoms. The first kappa shape index (κ1) is 20.1. The van der Waals surface area contributed by atoms with E-state index in [1.54, 1.807) is 6.92 Å². The van der Waals surface area contributed by atoms with E-state index in [0.29, 0.717) is 11.3 Å². The summed E-state index contributed by atoms with van der Waals surface area (Å²) in [5.41, 5.74) is 0.0683. The molecule has 3 rings (SSSR count). The molecule has 0 aliphatic heterocycles. The number of esters is 1. The second kappa shape index (κ2) is 7.78. The molecule has 1 heterocycles. The Morgan fingerprint density at radius 2 is 1.76 bits per heavy atom. The maximum absolute atomic E-state index is 13.5. The van der Waals surface area contributed by atoms with E-state index in [0.717, 1.165) is 18.2 Å². The molecule has 0 saturated heterocycles. The first-order valence-corrected chi connectivity index (χ1v) is 8.52. The number of ether oxygens (including phenoxy) is 1. The second-order valence-electron chi connectivity index (χ2n) is 6.08. The Hall–Kier alpha value is -3.62. The minimum Gasteiger partial charge on any atom is -0.462 e. The van der Waals surface area contributed by atoms with Crippen molar-refractivity contribution in [1.82, 2.24) is 4.98 Å². The Morgan fingerprint density at radius 3 is 2.34 bits per heavy atom. The van der Waals surface area contributed by atoms with E-state index in [2.05, 4.69) is 4.98 Å².